The molecular formula is C14H18N2S. The quantitative estimate of drug-likeness (QED) is 0.744. The van der Waals surface area contributed by atoms with Crippen LogP contribution in [0.5, 0.6) is 0 Å². The van der Waals surface area contributed by atoms with Crippen LogP contribution >= 0.6 is 11.8 Å². The lowest BCUT2D eigenvalue weighted by atomic mass is 10.1. The van der Waals surface area contributed by atoms with Crippen LogP contribution in [0, 0.1) is 17.2 Å². The van der Waals surface area contributed by atoms with Crippen LogP contribution in [0.15, 0.2) is 23.1 Å². The Labute approximate surface area is 108 Å². The van der Waals surface area contributed by atoms with Gasteiger partial charge in [0.15, 0.2) is 0 Å². The first-order chi connectivity index (χ1) is 8.26. The average molecular weight is 246 g/mol. The molecule has 0 aliphatic heterocycles. The highest BCUT2D eigenvalue weighted by Crippen LogP contribution is 2.34. The molecule has 0 amide bonds. The Kier molecular flexibility index (Phi) is 3.96. The predicted molar refractivity (Wildman–Crippen MR) is 73.5 cm³/mol. The first kappa shape index (κ1) is 12.3. The van der Waals surface area contributed by atoms with E-state index in [0.29, 0.717) is 0 Å². The second-order valence-corrected chi connectivity index (χ2v) is 5.82. The molecule has 0 heterocycles. The molecule has 0 radical (unpaired) electrons. The van der Waals surface area contributed by atoms with E-state index in [0.717, 1.165) is 34.4 Å². The van der Waals surface area contributed by atoms with Crippen molar-refractivity contribution in [3.63, 3.8) is 0 Å². The monoisotopic (exact) mass is 246 g/mol. The molecule has 1 aliphatic rings. The Balaban J connectivity index is 2.25. The van der Waals surface area contributed by atoms with Crippen molar-refractivity contribution in [2.24, 2.45) is 5.92 Å². The summed E-state index contributed by atoms with van der Waals surface area (Å²) in [5.74, 6) is 1.85. The van der Waals surface area contributed by atoms with Crippen LogP contribution in [0.25, 0.3) is 0 Å². The molecule has 0 saturated heterocycles. The van der Waals surface area contributed by atoms with Gasteiger partial charge in [0.1, 0.15) is 6.07 Å². The Morgan fingerprint density at radius 2 is 2.24 bits per heavy atom. The molecule has 17 heavy (non-hydrogen) atoms. The number of hydrogen-bond donors (Lipinski definition) is 0. The fourth-order valence-corrected chi connectivity index (χ4v) is 2.79. The van der Waals surface area contributed by atoms with Crippen molar-refractivity contribution in [1.29, 1.82) is 5.26 Å². The van der Waals surface area contributed by atoms with E-state index in [9.17, 15) is 5.26 Å². The fourth-order valence-electron chi connectivity index (χ4n) is 2.01. The molecule has 3 heteroatoms. The molecule has 1 aromatic carbocycles. The van der Waals surface area contributed by atoms with Gasteiger partial charge in [-0.25, -0.2) is 0 Å². The van der Waals surface area contributed by atoms with Crippen molar-refractivity contribution in [1.82, 2.24) is 0 Å². The number of benzene rings is 1. The van der Waals surface area contributed by atoms with Crippen molar-refractivity contribution in [2.45, 2.75) is 24.7 Å². The lowest BCUT2D eigenvalue weighted by Gasteiger charge is -2.21. The van der Waals surface area contributed by atoms with Gasteiger partial charge in [-0.1, -0.05) is 13.0 Å². The summed E-state index contributed by atoms with van der Waals surface area (Å²) in [5, 5.41) is 9.33. The molecule has 0 bridgehead atoms. The molecule has 0 N–H and O–H groups in total. The van der Waals surface area contributed by atoms with Gasteiger partial charge in [0.05, 0.1) is 11.3 Å². The summed E-state index contributed by atoms with van der Waals surface area (Å²) in [6, 6.07) is 8.51. The number of nitriles is 1. The predicted octanol–water partition coefficient (Wildman–Crippen LogP) is 3.52. The van der Waals surface area contributed by atoms with Crippen molar-refractivity contribution in [3.8, 4) is 6.07 Å². The SMILES string of the molecule is CCSc1cccc(N(C)CC2CC2)c1C#N. The topological polar surface area (TPSA) is 27.0 Å². The summed E-state index contributed by atoms with van der Waals surface area (Å²) in [5.41, 5.74) is 1.92. The van der Waals surface area contributed by atoms with E-state index >= 15 is 0 Å². The number of thioether (sulfide) groups is 1. The smallest absolute Gasteiger partial charge is 0.103 e. The highest BCUT2D eigenvalue weighted by atomic mass is 32.2. The van der Waals surface area contributed by atoms with Crippen molar-refractivity contribution < 1.29 is 0 Å². The molecular weight excluding hydrogens is 228 g/mol. The van der Waals surface area contributed by atoms with E-state index < -0.39 is 0 Å². The van der Waals surface area contributed by atoms with Gasteiger partial charge in [0, 0.05) is 18.5 Å². The third-order valence-corrected chi connectivity index (χ3v) is 4.00. The second-order valence-electron chi connectivity index (χ2n) is 4.52. The van der Waals surface area contributed by atoms with Crippen LogP contribution in [0.3, 0.4) is 0 Å². The zero-order valence-electron chi connectivity index (χ0n) is 10.4. The molecule has 0 spiro atoms. The molecule has 2 rings (SSSR count). The largest absolute Gasteiger partial charge is 0.373 e. The molecule has 1 aromatic rings. The number of hydrogen-bond acceptors (Lipinski definition) is 3. The van der Waals surface area contributed by atoms with E-state index in [-0.39, 0.29) is 0 Å². The Morgan fingerprint density at radius 1 is 1.47 bits per heavy atom. The zero-order valence-corrected chi connectivity index (χ0v) is 11.3. The van der Waals surface area contributed by atoms with Crippen LogP contribution in [0.4, 0.5) is 5.69 Å². The number of rotatable bonds is 5. The van der Waals surface area contributed by atoms with Gasteiger partial charge < -0.3 is 4.90 Å². The van der Waals surface area contributed by atoms with Gasteiger partial charge in [-0.3, -0.25) is 0 Å². The standard InChI is InChI=1S/C14H18N2S/c1-3-17-14-6-4-5-13(12(14)9-15)16(2)10-11-7-8-11/h4-6,11H,3,7-8,10H2,1-2H3. The Morgan fingerprint density at radius 3 is 2.82 bits per heavy atom. The lowest BCUT2D eigenvalue weighted by molar-refractivity contribution is 0.785. The van der Waals surface area contributed by atoms with E-state index in [1.54, 1.807) is 11.8 Å². The third-order valence-electron chi connectivity index (χ3n) is 3.06. The van der Waals surface area contributed by atoms with E-state index in [2.05, 4.69) is 37.1 Å². The molecule has 0 atom stereocenters. The van der Waals surface area contributed by atoms with E-state index in [4.69, 9.17) is 0 Å². The minimum absolute atomic E-state index is 0.836. The molecule has 1 saturated carbocycles. The number of anilines is 1. The van der Waals surface area contributed by atoms with Crippen LogP contribution in [-0.2, 0) is 0 Å². The molecule has 2 nitrogen and oxygen atoms in total. The average Bonchev–Trinajstić information content (AvgIpc) is 3.13. The summed E-state index contributed by atoms with van der Waals surface area (Å²) in [7, 11) is 2.09. The van der Waals surface area contributed by atoms with Crippen molar-refractivity contribution in [3.05, 3.63) is 23.8 Å². The first-order valence-corrected chi connectivity index (χ1v) is 7.11. The van der Waals surface area contributed by atoms with Gasteiger partial charge in [-0.15, -0.1) is 11.8 Å². The van der Waals surface area contributed by atoms with Crippen LogP contribution in [0.1, 0.15) is 25.3 Å². The van der Waals surface area contributed by atoms with E-state index in [1.165, 1.54) is 12.8 Å². The van der Waals surface area contributed by atoms with Gasteiger partial charge in [-0.05, 0) is 36.6 Å². The minimum atomic E-state index is 0.836. The summed E-state index contributed by atoms with van der Waals surface area (Å²) in [6.07, 6.45) is 2.69. The van der Waals surface area contributed by atoms with Crippen LogP contribution in [-0.4, -0.2) is 19.3 Å². The lowest BCUT2D eigenvalue weighted by Crippen LogP contribution is -2.21. The first-order valence-electron chi connectivity index (χ1n) is 6.13. The van der Waals surface area contributed by atoms with Crippen molar-refractivity contribution in [2.75, 3.05) is 24.2 Å². The fraction of sp³-hybridized carbons (Fsp3) is 0.500. The van der Waals surface area contributed by atoms with Gasteiger partial charge in [0.25, 0.3) is 0 Å². The van der Waals surface area contributed by atoms with Crippen LogP contribution in [0.2, 0.25) is 0 Å². The maximum Gasteiger partial charge on any atom is 0.103 e. The van der Waals surface area contributed by atoms with E-state index in [1.807, 2.05) is 6.07 Å². The van der Waals surface area contributed by atoms with Gasteiger partial charge >= 0.3 is 0 Å². The van der Waals surface area contributed by atoms with Crippen LogP contribution < -0.4 is 4.90 Å². The molecule has 0 aromatic heterocycles. The minimum Gasteiger partial charge on any atom is -0.373 e. The molecule has 90 valence electrons. The second kappa shape index (κ2) is 5.46. The maximum atomic E-state index is 9.33. The normalized spacial score (nSPS) is 14.4. The highest BCUT2D eigenvalue weighted by molar-refractivity contribution is 7.99. The maximum absolute atomic E-state index is 9.33. The van der Waals surface area contributed by atoms with Gasteiger partial charge in [0.2, 0.25) is 0 Å². The highest BCUT2D eigenvalue weighted by Gasteiger charge is 2.24. The number of nitrogens with zero attached hydrogens (tertiary/aromatic N) is 2. The summed E-state index contributed by atoms with van der Waals surface area (Å²) < 4.78 is 0. The summed E-state index contributed by atoms with van der Waals surface area (Å²) in [6.45, 7) is 3.20. The van der Waals surface area contributed by atoms with Crippen molar-refractivity contribution >= 4 is 17.4 Å². The Hall–Kier alpha value is -1.14. The Bertz CT molecular complexity index is 432. The molecule has 0 unspecified atom stereocenters. The third kappa shape index (κ3) is 2.95. The molecule has 1 fully saturated rings. The summed E-state index contributed by atoms with van der Waals surface area (Å²) >= 11 is 1.74. The zero-order chi connectivity index (χ0) is 12.3. The molecule has 1 aliphatic carbocycles. The van der Waals surface area contributed by atoms with Gasteiger partial charge in [-0.2, -0.15) is 5.26 Å². The summed E-state index contributed by atoms with van der Waals surface area (Å²) in [4.78, 5) is 3.34.